The van der Waals surface area contributed by atoms with Crippen LogP contribution in [-0.4, -0.2) is 25.7 Å². The van der Waals surface area contributed by atoms with Crippen molar-refractivity contribution in [1.29, 1.82) is 0 Å². The summed E-state index contributed by atoms with van der Waals surface area (Å²) in [6.45, 7) is 2.93. The molecule has 3 rings (SSSR count). The highest BCUT2D eigenvalue weighted by molar-refractivity contribution is 5.91. The maximum Gasteiger partial charge on any atom is 0.262 e. The molecule has 0 spiro atoms. The summed E-state index contributed by atoms with van der Waals surface area (Å²) in [6, 6.07) is 24.6. The molecule has 0 heterocycles. The molecule has 0 fully saturated rings. The van der Waals surface area contributed by atoms with Gasteiger partial charge in [-0.3, -0.25) is 4.79 Å². The first kappa shape index (κ1) is 20.3. The summed E-state index contributed by atoms with van der Waals surface area (Å²) < 4.78 is 16.8. The number of ether oxygens (including phenoxy) is 3. The van der Waals surface area contributed by atoms with Gasteiger partial charge in [-0.05, 0) is 60.5 Å². The van der Waals surface area contributed by atoms with E-state index < -0.39 is 0 Å². The first-order valence-corrected chi connectivity index (χ1v) is 9.65. The van der Waals surface area contributed by atoms with Gasteiger partial charge in [0.2, 0.25) is 0 Å². The second-order valence-electron chi connectivity index (χ2n) is 6.37. The summed E-state index contributed by atoms with van der Waals surface area (Å²) in [7, 11) is 0. The standard InChI is InChI=1S/C24H25NO4/c1-2-19-7-6-10-23(17-19)29-18-24(26)25-20-11-13-22(14-12-20)28-16-15-27-21-8-4-3-5-9-21/h3-14,17H,2,15-16,18H2,1H3,(H,25,26). The first-order valence-electron chi connectivity index (χ1n) is 9.65. The van der Waals surface area contributed by atoms with Gasteiger partial charge in [0, 0.05) is 5.69 Å². The van der Waals surface area contributed by atoms with Crippen LogP contribution in [0.4, 0.5) is 5.69 Å². The van der Waals surface area contributed by atoms with Gasteiger partial charge in [0.05, 0.1) is 0 Å². The van der Waals surface area contributed by atoms with Crippen LogP contribution in [0.1, 0.15) is 12.5 Å². The summed E-state index contributed by atoms with van der Waals surface area (Å²) in [5.41, 5.74) is 1.86. The van der Waals surface area contributed by atoms with Crippen LogP contribution in [0.5, 0.6) is 17.2 Å². The fraction of sp³-hybridized carbons (Fsp3) is 0.208. The lowest BCUT2D eigenvalue weighted by Gasteiger charge is -2.10. The van der Waals surface area contributed by atoms with Gasteiger partial charge >= 0.3 is 0 Å². The predicted octanol–water partition coefficient (Wildman–Crippen LogP) is 4.72. The molecule has 0 aromatic heterocycles. The van der Waals surface area contributed by atoms with E-state index in [9.17, 15) is 4.79 Å². The normalized spacial score (nSPS) is 10.2. The lowest BCUT2D eigenvalue weighted by Crippen LogP contribution is -2.20. The van der Waals surface area contributed by atoms with E-state index in [1.807, 2.05) is 66.7 Å². The SMILES string of the molecule is CCc1cccc(OCC(=O)Nc2ccc(OCCOc3ccccc3)cc2)c1. The summed E-state index contributed by atoms with van der Waals surface area (Å²) >= 11 is 0. The molecule has 0 aliphatic rings. The van der Waals surface area contributed by atoms with Crippen molar-refractivity contribution in [2.24, 2.45) is 0 Å². The van der Waals surface area contributed by atoms with Crippen molar-refractivity contribution < 1.29 is 19.0 Å². The molecular weight excluding hydrogens is 366 g/mol. The molecule has 0 atom stereocenters. The van der Waals surface area contributed by atoms with Crippen molar-refractivity contribution >= 4 is 11.6 Å². The number of carbonyl (C=O) groups excluding carboxylic acids is 1. The maximum atomic E-state index is 12.1. The van der Waals surface area contributed by atoms with E-state index in [-0.39, 0.29) is 12.5 Å². The molecule has 0 unspecified atom stereocenters. The number of benzene rings is 3. The Labute approximate surface area is 171 Å². The highest BCUT2D eigenvalue weighted by Gasteiger charge is 2.05. The summed E-state index contributed by atoms with van der Waals surface area (Å²) in [6.07, 6.45) is 0.927. The third-order valence-corrected chi connectivity index (χ3v) is 4.18. The van der Waals surface area contributed by atoms with Crippen LogP contribution in [0.3, 0.4) is 0 Å². The Hall–Kier alpha value is -3.47. The average molecular weight is 391 g/mol. The van der Waals surface area contributed by atoms with E-state index in [0.717, 1.165) is 12.2 Å². The van der Waals surface area contributed by atoms with E-state index in [2.05, 4.69) is 12.2 Å². The fourth-order valence-electron chi connectivity index (χ4n) is 2.67. The number of anilines is 1. The van der Waals surface area contributed by atoms with Crippen LogP contribution in [0.25, 0.3) is 0 Å². The molecular formula is C24H25NO4. The van der Waals surface area contributed by atoms with E-state index in [4.69, 9.17) is 14.2 Å². The van der Waals surface area contributed by atoms with Gasteiger partial charge in [-0.15, -0.1) is 0 Å². The fourth-order valence-corrected chi connectivity index (χ4v) is 2.67. The van der Waals surface area contributed by atoms with E-state index in [0.29, 0.717) is 30.4 Å². The Morgan fingerprint density at radius 3 is 2.10 bits per heavy atom. The minimum Gasteiger partial charge on any atom is -0.490 e. The van der Waals surface area contributed by atoms with Gasteiger partial charge in [-0.25, -0.2) is 0 Å². The molecule has 29 heavy (non-hydrogen) atoms. The number of rotatable bonds is 10. The van der Waals surface area contributed by atoms with Crippen molar-refractivity contribution in [2.75, 3.05) is 25.1 Å². The van der Waals surface area contributed by atoms with Crippen molar-refractivity contribution in [3.63, 3.8) is 0 Å². The molecule has 5 nitrogen and oxygen atoms in total. The van der Waals surface area contributed by atoms with Gasteiger partial charge < -0.3 is 19.5 Å². The van der Waals surface area contributed by atoms with E-state index >= 15 is 0 Å². The lowest BCUT2D eigenvalue weighted by atomic mass is 10.2. The topological polar surface area (TPSA) is 56.8 Å². The Kier molecular flexibility index (Phi) is 7.52. The van der Waals surface area contributed by atoms with Crippen molar-refractivity contribution in [2.45, 2.75) is 13.3 Å². The van der Waals surface area contributed by atoms with Crippen LogP contribution >= 0.6 is 0 Å². The van der Waals surface area contributed by atoms with Crippen molar-refractivity contribution in [3.8, 4) is 17.2 Å². The number of hydrogen-bond donors (Lipinski definition) is 1. The van der Waals surface area contributed by atoms with E-state index in [1.54, 1.807) is 12.1 Å². The van der Waals surface area contributed by atoms with Gasteiger partial charge in [-0.1, -0.05) is 37.3 Å². The second-order valence-corrected chi connectivity index (χ2v) is 6.37. The second kappa shape index (κ2) is 10.8. The molecule has 0 saturated heterocycles. The number of para-hydroxylation sites is 1. The zero-order chi connectivity index (χ0) is 20.3. The molecule has 0 bridgehead atoms. The molecule has 0 radical (unpaired) electrons. The van der Waals surface area contributed by atoms with E-state index in [1.165, 1.54) is 5.56 Å². The Morgan fingerprint density at radius 1 is 0.759 bits per heavy atom. The molecule has 0 aliphatic carbocycles. The zero-order valence-electron chi connectivity index (χ0n) is 16.5. The zero-order valence-corrected chi connectivity index (χ0v) is 16.5. The van der Waals surface area contributed by atoms with Crippen LogP contribution in [-0.2, 0) is 11.2 Å². The van der Waals surface area contributed by atoms with Gasteiger partial charge in [0.25, 0.3) is 5.91 Å². The van der Waals surface area contributed by atoms with Crippen molar-refractivity contribution in [1.82, 2.24) is 0 Å². The maximum absolute atomic E-state index is 12.1. The number of hydrogen-bond acceptors (Lipinski definition) is 4. The Bertz CT molecular complexity index is 894. The summed E-state index contributed by atoms with van der Waals surface area (Å²) in [5, 5.41) is 2.81. The molecule has 1 N–H and O–H groups in total. The molecule has 0 saturated carbocycles. The van der Waals surface area contributed by atoms with Gasteiger partial charge in [0.15, 0.2) is 6.61 Å². The van der Waals surface area contributed by atoms with Crippen LogP contribution in [0.15, 0.2) is 78.9 Å². The largest absolute Gasteiger partial charge is 0.490 e. The molecule has 3 aromatic carbocycles. The molecule has 1 amide bonds. The molecule has 5 heteroatoms. The number of aryl methyl sites for hydroxylation is 1. The Morgan fingerprint density at radius 2 is 1.41 bits per heavy atom. The number of amides is 1. The first-order chi connectivity index (χ1) is 14.2. The quantitative estimate of drug-likeness (QED) is 0.508. The van der Waals surface area contributed by atoms with Crippen molar-refractivity contribution in [3.05, 3.63) is 84.4 Å². The smallest absolute Gasteiger partial charge is 0.262 e. The summed E-state index contributed by atoms with van der Waals surface area (Å²) in [5.74, 6) is 2.02. The monoisotopic (exact) mass is 391 g/mol. The highest BCUT2D eigenvalue weighted by atomic mass is 16.5. The predicted molar refractivity (Wildman–Crippen MR) is 114 cm³/mol. The molecule has 150 valence electrons. The third kappa shape index (κ3) is 6.88. The van der Waals surface area contributed by atoms with Crippen LogP contribution in [0.2, 0.25) is 0 Å². The lowest BCUT2D eigenvalue weighted by molar-refractivity contribution is -0.118. The molecule has 0 aliphatic heterocycles. The Balaban J connectivity index is 1.38. The van der Waals surface area contributed by atoms with Crippen LogP contribution in [0, 0.1) is 0 Å². The van der Waals surface area contributed by atoms with Gasteiger partial charge in [-0.2, -0.15) is 0 Å². The minimum atomic E-state index is -0.211. The van der Waals surface area contributed by atoms with Crippen LogP contribution < -0.4 is 19.5 Å². The summed E-state index contributed by atoms with van der Waals surface area (Å²) in [4.78, 5) is 12.1. The average Bonchev–Trinajstić information content (AvgIpc) is 2.77. The molecule has 3 aromatic rings. The van der Waals surface area contributed by atoms with Gasteiger partial charge in [0.1, 0.15) is 30.5 Å². The third-order valence-electron chi connectivity index (χ3n) is 4.18. The highest BCUT2D eigenvalue weighted by Crippen LogP contribution is 2.17. The minimum absolute atomic E-state index is 0.0394. The number of carbonyl (C=O) groups is 1. The number of nitrogens with one attached hydrogen (secondary N) is 1.